The van der Waals surface area contributed by atoms with E-state index in [0.717, 1.165) is 18.9 Å². The molecule has 0 aliphatic rings. The largest absolute Gasteiger partial charge is 0.396 e. The zero-order chi connectivity index (χ0) is 13.5. The van der Waals surface area contributed by atoms with Crippen molar-refractivity contribution in [1.82, 2.24) is 0 Å². The first-order chi connectivity index (χ1) is 8.56. The number of unbranched alkanes of at least 4 members (excludes halogenated alkanes) is 2. The molecule has 0 aliphatic carbocycles. The third-order valence-corrected chi connectivity index (χ3v) is 2.70. The number of aliphatic hydroxyl groups excluding tert-OH is 1. The van der Waals surface area contributed by atoms with Gasteiger partial charge in [0.15, 0.2) is 0 Å². The van der Waals surface area contributed by atoms with Gasteiger partial charge in [-0.2, -0.15) is 0 Å². The van der Waals surface area contributed by atoms with Crippen LogP contribution in [-0.2, 0) is 0 Å². The van der Waals surface area contributed by atoms with E-state index in [-0.39, 0.29) is 18.0 Å². The Kier molecular flexibility index (Phi) is 5.51. The molecule has 0 saturated heterocycles. The number of nitro groups is 1. The molecule has 0 radical (unpaired) electrons. The maximum atomic E-state index is 13.1. The Bertz CT molecular complexity index is 412. The van der Waals surface area contributed by atoms with Crippen molar-refractivity contribution in [3.63, 3.8) is 0 Å². The number of benzene rings is 1. The molecule has 1 N–H and O–H groups in total. The Morgan fingerprint density at radius 3 is 2.72 bits per heavy atom. The lowest BCUT2D eigenvalue weighted by Crippen LogP contribution is -2.19. The SMILES string of the molecule is CN(CCCCCO)c1cc(F)ccc1[N+](=O)[O-]. The molecule has 0 aromatic heterocycles. The summed E-state index contributed by atoms with van der Waals surface area (Å²) in [5, 5.41) is 19.5. The van der Waals surface area contributed by atoms with Gasteiger partial charge in [0.05, 0.1) is 4.92 Å². The van der Waals surface area contributed by atoms with Gasteiger partial charge in [-0.3, -0.25) is 10.1 Å². The average molecular weight is 256 g/mol. The van der Waals surface area contributed by atoms with Crippen molar-refractivity contribution in [2.24, 2.45) is 0 Å². The monoisotopic (exact) mass is 256 g/mol. The summed E-state index contributed by atoms with van der Waals surface area (Å²) >= 11 is 0. The maximum Gasteiger partial charge on any atom is 0.292 e. The minimum absolute atomic E-state index is 0.0962. The van der Waals surface area contributed by atoms with Crippen molar-refractivity contribution in [3.8, 4) is 0 Å². The number of nitrogens with zero attached hydrogens (tertiary/aromatic N) is 2. The third kappa shape index (κ3) is 3.96. The standard InChI is InChI=1S/C12H17FN2O3/c1-14(7-3-2-4-8-16)12-9-10(13)5-6-11(12)15(17)18/h5-6,9,16H,2-4,7-8H2,1H3. The molecule has 0 aliphatic heterocycles. The van der Waals surface area contributed by atoms with Crippen LogP contribution in [0.4, 0.5) is 15.8 Å². The zero-order valence-electron chi connectivity index (χ0n) is 10.3. The minimum atomic E-state index is -0.515. The number of hydrogen-bond donors (Lipinski definition) is 1. The second-order valence-electron chi connectivity index (χ2n) is 4.10. The molecule has 0 atom stereocenters. The average Bonchev–Trinajstić information content (AvgIpc) is 2.34. The van der Waals surface area contributed by atoms with Gasteiger partial charge in [0.2, 0.25) is 0 Å². The van der Waals surface area contributed by atoms with Crippen LogP contribution in [0.1, 0.15) is 19.3 Å². The summed E-state index contributed by atoms with van der Waals surface area (Å²) in [4.78, 5) is 12.0. The Balaban J connectivity index is 2.74. The molecule has 1 rings (SSSR count). The zero-order valence-corrected chi connectivity index (χ0v) is 10.3. The second kappa shape index (κ2) is 6.90. The summed E-state index contributed by atoms with van der Waals surface area (Å²) in [5.74, 6) is -0.488. The van der Waals surface area contributed by atoms with Gasteiger partial charge in [-0.25, -0.2) is 4.39 Å². The van der Waals surface area contributed by atoms with Gasteiger partial charge in [0, 0.05) is 32.3 Å². The molecule has 100 valence electrons. The fourth-order valence-electron chi connectivity index (χ4n) is 1.71. The smallest absolute Gasteiger partial charge is 0.292 e. The number of aliphatic hydroxyl groups is 1. The Morgan fingerprint density at radius 1 is 1.39 bits per heavy atom. The van der Waals surface area contributed by atoms with E-state index in [0.29, 0.717) is 13.0 Å². The number of halogens is 1. The first kappa shape index (κ1) is 14.4. The van der Waals surface area contributed by atoms with E-state index in [1.165, 1.54) is 12.1 Å². The quantitative estimate of drug-likeness (QED) is 0.462. The van der Waals surface area contributed by atoms with Gasteiger partial charge in [-0.05, 0) is 25.3 Å². The van der Waals surface area contributed by atoms with Crippen molar-refractivity contribution in [1.29, 1.82) is 0 Å². The van der Waals surface area contributed by atoms with E-state index in [1.54, 1.807) is 11.9 Å². The molecule has 18 heavy (non-hydrogen) atoms. The molecular weight excluding hydrogens is 239 g/mol. The number of nitro benzene ring substituents is 1. The van der Waals surface area contributed by atoms with Crippen LogP contribution in [-0.4, -0.2) is 30.2 Å². The van der Waals surface area contributed by atoms with Crippen LogP contribution in [0, 0.1) is 15.9 Å². The summed E-state index contributed by atoms with van der Waals surface area (Å²) < 4.78 is 13.1. The summed E-state index contributed by atoms with van der Waals surface area (Å²) in [6.45, 7) is 0.730. The van der Waals surface area contributed by atoms with Gasteiger partial charge >= 0.3 is 0 Å². The van der Waals surface area contributed by atoms with Gasteiger partial charge in [-0.1, -0.05) is 0 Å². The first-order valence-corrected chi connectivity index (χ1v) is 5.82. The van der Waals surface area contributed by atoms with E-state index in [4.69, 9.17) is 5.11 Å². The topological polar surface area (TPSA) is 66.6 Å². The molecule has 5 nitrogen and oxygen atoms in total. The number of anilines is 1. The predicted molar refractivity (Wildman–Crippen MR) is 67.3 cm³/mol. The molecule has 1 aromatic carbocycles. The van der Waals surface area contributed by atoms with E-state index in [1.807, 2.05) is 0 Å². The third-order valence-electron chi connectivity index (χ3n) is 2.70. The highest BCUT2D eigenvalue weighted by Crippen LogP contribution is 2.28. The predicted octanol–water partition coefficient (Wildman–Crippen LogP) is 2.33. The van der Waals surface area contributed by atoms with Crippen molar-refractivity contribution in [3.05, 3.63) is 34.1 Å². The molecular formula is C12H17FN2O3. The lowest BCUT2D eigenvalue weighted by atomic mass is 10.2. The molecule has 0 amide bonds. The molecule has 6 heteroatoms. The van der Waals surface area contributed by atoms with Gasteiger partial charge in [-0.15, -0.1) is 0 Å². The molecule has 0 bridgehead atoms. The van der Waals surface area contributed by atoms with Crippen molar-refractivity contribution in [2.75, 3.05) is 25.1 Å². The van der Waals surface area contributed by atoms with Crippen LogP contribution >= 0.6 is 0 Å². The minimum Gasteiger partial charge on any atom is -0.396 e. The molecule has 0 spiro atoms. The number of rotatable bonds is 7. The molecule has 0 heterocycles. The van der Waals surface area contributed by atoms with Crippen LogP contribution < -0.4 is 4.90 Å². The normalized spacial score (nSPS) is 10.4. The molecule has 0 unspecified atom stereocenters. The van der Waals surface area contributed by atoms with E-state index < -0.39 is 10.7 Å². The van der Waals surface area contributed by atoms with Crippen LogP contribution in [0.15, 0.2) is 18.2 Å². The fourth-order valence-corrected chi connectivity index (χ4v) is 1.71. The summed E-state index contributed by atoms with van der Waals surface area (Å²) in [5.41, 5.74) is 0.185. The van der Waals surface area contributed by atoms with Crippen LogP contribution in [0.5, 0.6) is 0 Å². The van der Waals surface area contributed by atoms with Crippen molar-refractivity contribution < 1.29 is 14.4 Å². The molecule has 0 fully saturated rings. The van der Waals surface area contributed by atoms with Gasteiger partial charge in [0.1, 0.15) is 11.5 Å². The fraction of sp³-hybridized carbons (Fsp3) is 0.500. The first-order valence-electron chi connectivity index (χ1n) is 5.82. The van der Waals surface area contributed by atoms with Crippen molar-refractivity contribution >= 4 is 11.4 Å². The lowest BCUT2D eigenvalue weighted by molar-refractivity contribution is -0.384. The molecule has 1 aromatic rings. The summed E-state index contributed by atoms with van der Waals surface area (Å²) in [7, 11) is 1.70. The van der Waals surface area contributed by atoms with Gasteiger partial charge < -0.3 is 10.0 Å². The second-order valence-corrected chi connectivity index (χ2v) is 4.10. The highest BCUT2D eigenvalue weighted by atomic mass is 19.1. The molecule has 0 saturated carbocycles. The highest BCUT2D eigenvalue weighted by molar-refractivity contribution is 5.62. The maximum absolute atomic E-state index is 13.1. The van der Waals surface area contributed by atoms with Crippen molar-refractivity contribution in [2.45, 2.75) is 19.3 Å². The van der Waals surface area contributed by atoms with E-state index in [9.17, 15) is 14.5 Å². The van der Waals surface area contributed by atoms with Crippen LogP contribution in [0.25, 0.3) is 0 Å². The van der Waals surface area contributed by atoms with Crippen LogP contribution in [0.2, 0.25) is 0 Å². The van der Waals surface area contributed by atoms with E-state index in [2.05, 4.69) is 0 Å². The van der Waals surface area contributed by atoms with E-state index >= 15 is 0 Å². The summed E-state index contributed by atoms with van der Waals surface area (Å²) in [6.07, 6.45) is 2.34. The Hall–Kier alpha value is -1.69. The summed E-state index contributed by atoms with van der Waals surface area (Å²) in [6, 6.07) is 3.43. The Morgan fingerprint density at radius 2 is 2.11 bits per heavy atom. The van der Waals surface area contributed by atoms with Gasteiger partial charge in [0.25, 0.3) is 5.69 Å². The number of hydrogen-bond acceptors (Lipinski definition) is 4. The van der Waals surface area contributed by atoms with Crippen LogP contribution in [0.3, 0.4) is 0 Å². The highest BCUT2D eigenvalue weighted by Gasteiger charge is 2.17. The Labute approximate surface area is 105 Å². The lowest BCUT2D eigenvalue weighted by Gasteiger charge is -2.19.